The fraction of sp³-hybridized carbons (Fsp3) is 0.263. The molecule has 1 atom stereocenters. The summed E-state index contributed by atoms with van der Waals surface area (Å²) in [4.78, 5) is 14.5. The van der Waals surface area contributed by atoms with E-state index >= 15 is 0 Å². The van der Waals surface area contributed by atoms with Gasteiger partial charge in [-0.05, 0) is 30.7 Å². The van der Waals surface area contributed by atoms with E-state index in [1.807, 2.05) is 48.5 Å². The second-order valence-electron chi connectivity index (χ2n) is 5.16. The van der Waals surface area contributed by atoms with E-state index in [1.54, 1.807) is 17.0 Å². The van der Waals surface area contributed by atoms with E-state index < -0.39 is 6.04 Å². The second kappa shape index (κ2) is 7.99. The number of benzene rings is 2. The van der Waals surface area contributed by atoms with Crippen molar-refractivity contribution >= 4 is 11.6 Å². The maximum atomic E-state index is 12.9. The molecule has 2 rings (SSSR count). The summed E-state index contributed by atoms with van der Waals surface area (Å²) in [6.07, 6.45) is 2.60. The van der Waals surface area contributed by atoms with E-state index in [9.17, 15) is 10.1 Å². The number of anilines is 1. The summed E-state index contributed by atoms with van der Waals surface area (Å²) >= 11 is 0. The first kappa shape index (κ1) is 15.8. The average molecular weight is 292 g/mol. The van der Waals surface area contributed by atoms with E-state index in [-0.39, 0.29) is 5.91 Å². The zero-order chi connectivity index (χ0) is 15.8. The van der Waals surface area contributed by atoms with Gasteiger partial charge in [-0.15, -0.1) is 0 Å². The highest BCUT2D eigenvalue weighted by molar-refractivity contribution is 6.06. The van der Waals surface area contributed by atoms with Crippen molar-refractivity contribution in [2.45, 2.75) is 32.2 Å². The molecule has 0 aromatic heterocycles. The molecule has 0 N–H and O–H groups in total. The van der Waals surface area contributed by atoms with Crippen LogP contribution in [0.5, 0.6) is 0 Å². The van der Waals surface area contributed by atoms with Gasteiger partial charge in [0.1, 0.15) is 6.04 Å². The molecule has 0 radical (unpaired) electrons. The lowest BCUT2D eigenvalue weighted by Gasteiger charge is -2.27. The SMILES string of the molecule is CCCCC(C#N)N(C(=O)c1ccccc1)c1ccccc1. The Morgan fingerprint density at radius 1 is 1.09 bits per heavy atom. The Morgan fingerprint density at radius 2 is 1.68 bits per heavy atom. The van der Waals surface area contributed by atoms with Crippen molar-refractivity contribution in [1.82, 2.24) is 0 Å². The Hall–Kier alpha value is -2.60. The molecule has 1 unspecified atom stereocenters. The molecule has 0 bridgehead atoms. The second-order valence-corrected chi connectivity index (χ2v) is 5.16. The summed E-state index contributed by atoms with van der Waals surface area (Å²) in [5.41, 5.74) is 1.36. The zero-order valence-corrected chi connectivity index (χ0v) is 12.8. The molecule has 0 aliphatic carbocycles. The standard InChI is InChI=1S/C19H20N2O/c1-2-3-12-18(15-20)21(17-13-8-5-9-14-17)19(22)16-10-6-4-7-11-16/h4-11,13-14,18H,2-3,12H2,1H3. The van der Waals surface area contributed by atoms with Crippen molar-refractivity contribution in [3.63, 3.8) is 0 Å². The fourth-order valence-corrected chi connectivity index (χ4v) is 2.40. The summed E-state index contributed by atoms with van der Waals surface area (Å²) < 4.78 is 0. The van der Waals surface area contributed by atoms with Crippen LogP contribution in [0.4, 0.5) is 5.69 Å². The van der Waals surface area contributed by atoms with Crippen molar-refractivity contribution in [2.75, 3.05) is 4.90 Å². The highest BCUT2D eigenvalue weighted by Gasteiger charge is 2.25. The van der Waals surface area contributed by atoms with Crippen LogP contribution in [0.1, 0.15) is 36.5 Å². The van der Waals surface area contributed by atoms with Crippen molar-refractivity contribution in [1.29, 1.82) is 5.26 Å². The lowest BCUT2D eigenvalue weighted by atomic mass is 10.1. The number of hydrogen-bond donors (Lipinski definition) is 0. The first-order valence-electron chi connectivity index (χ1n) is 7.61. The van der Waals surface area contributed by atoms with Crippen LogP contribution in [0, 0.1) is 11.3 Å². The quantitative estimate of drug-likeness (QED) is 0.791. The molecule has 22 heavy (non-hydrogen) atoms. The van der Waals surface area contributed by atoms with Gasteiger partial charge < -0.3 is 0 Å². The van der Waals surface area contributed by atoms with Gasteiger partial charge in [-0.1, -0.05) is 56.2 Å². The summed E-state index contributed by atoms with van der Waals surface area (Å²) in [6.45, 7) is 2.08. The average Bonchev–Trinajstić information content (AvgIpc) is 2.59. The molecule has 2 aromatic carbocycles. The number of nitriles is 1. The van der Waals surface area contributed by atoms with Crippen LogP contribution >= 0.6 is 0 Å². The van der Waals surface area contributed by atoms with Crippen LogP contribution in [0.2, 0.25) is 0 Å². The third-order valence-corrected chi connectivity index (χ3v) is 3.57. The monoisotopic (exact) mass is 292 g/mol. The van der Waals surface area contributed by atoms with Gasteiger partial charge >= 0.3 is 0 Å². The van der Waals surface area contributed by atoms with E-state index in [0.29, 0.717) is 12.0 Å². The van der Waals surface area contributed by atoms with Crippen LogP contribution in [0.3, 0.4) is 0 Å². The Balaban J connectivity index is 2.37. The van der Waals surface area contributed by atoms with E-state index in [4.69, 9.17) is 0 Å². The van der Waals surface area contributed by atoms with E-state index in [1.165, 1.54) is 0 Å². The molecule has 0 saturated carbocycles. The highest BCUT2D eigenvalue weighted by Crippen LogP contribution is 2.22. The van der Waals surface area contributed by atoms with Crippen LogP contribution in [0.15, 0.2) is 60.7 Å². The topological polar surface area (TPSA) is 44.1 Å². The van der Waals surface area contributed by atoms with Gasteiger partial charge in [-0.2, -0.15) is 5.26 Å². The van der Waals surface area contributed by atoms with E-state index in [0.717, 1.165) is 18.5 Å². The molecular weight excluding hydrogens is 272 g/mol. The Morgan fingerprint density at radius 3 is 2.23 bits per heavy atom. The summed E-state index contributed by atoms with van der Waals surface area (Å²) in [6, 6.07) is 20.4. The molecule has 0 heterocycles. The molecule has 112 valence electrons. The molecule has 0 spiro atoms. The minimum absolute atomic E-state index is 0.130. The van der Waals surface area contributed by atoms with Gasteiger partial charge in [-0.3, -0.25) is 9.69 Å². The minimum atomic E-state index is -0.449. The predicted octanol–water partition coefficient (Wildman–Crippen LogP) is 4.42. The molecule has 1 amide bonds. The molecule has 3 heteroatoms. The number of carbonyl (C=O) groups excluding carboxylic acids is 1. The van der Waals surface area contributed by atoms with Crippen LogP contribution in [0.25, 0.3) is 0 Å². The molecule has 2 aromatic rings. The van der Waals surface area contributed by atoms with E-state index in [2.05, 4.69) is 13.0 Å². The lowest BCUT2D eigenvalue weighted by molar-refractivity contribution is 0.0980. The first-order valence-corrected chi connectivity index (χ1v) is 7.61. The van der Waals surface area contributed by atoms with Crippen molar-refractivity contribution < 1.29 is 4.79 Å². The van der Waals surface area contributed by atoms with Gasteiger partial charge in [-0.25, -0.2) is 0 Å². The molecule has 0 fully saturated rings. The fourth-order valence-electron chi connectivity index (χ4n) is 2.40. The molecule has 0 aliphatic rings. The Labute approximate surface area is 131 Å². The number of unbranched alkanes of at least 4 members (excludes halogenated alkanes) is 1. The number of nitrogens with zero attached hydrogens (tertiary/aromatic N) is 2. The zero-order valence-electron chi connectivity index (χ0n) is 12.8. The molecule has 0 aliphatic heterocycles. The van der Waals surface area contributed by atoms with Crippen molar-refractivity contribution in [3.8, 4) is 6.07 Å². The molecule has 0 saturated heterocycles. The van der Waals surface area contributed by atoms with Crippen molar-refractivity contribution in [3.05, 3.63) is 66.2 Å². The lowest BCUT2D eigenvalue weighted by Crippen LogP contribution is -2.39. The van der Waals surface area contributed by atoms with Crippen LogP contribution in [-0.4, -0.2) is 11.9 Å². The number of rotatable bonds is 6. The molecule has 3 nitrogen and oxygen atoms in total. The Bertz CT molecular complexity index is 631. The van der Waals surface area contributed by atoms with Gasteiger partial charge in [0.2, 0.25) is 0 Å². The number of amides is 1. The number of hydrogen-bond acceptors (Lipinski definition) is 2. The van der Waals surface area contributed by atoms with Crippen LogP contribution in [-0.2, 0) is 0 Å². The Kier molecular flexibility index (Phi) is 5.73. The molecular formula is C19H20N2O. The predicted molar refractivity (Wildman–Crippen MR) is 88.6 cm³/mol. The van der Waals surface area contributed by atoms with Gasteiger partial charge in [0, 0.05) is 11.3 Å². The van der Waals surface area contributed by atoms with Gasteiger partial charge in [0.25, 0.3) is 5.91 Å². The number of carbonyl (C=O) groups is 1. The smallest absolute Gasteiger partial charge is 0.259 e. The highest BCUT2D eigenvalue weighted by atomic mass is 16.2. The summed E-state index contributed by atoms with van der Waals surface area (Å²) in [5, 5.41) is 9.54. The third kappa shape index (κ3) is 3.73. The van der Waals surface area contributed by atoms with Gasteiger partial charge in [0.05, 0.1) is 6.07 Å². The minimum Gasteiger partial charge on any atom is -0.292 e. The maximum Gasteiger partial charge on any atom is 0.259 e. The largest absolute Gasteiger partial charge is 0.292 e. The van der Waals surface area contributed by atoms with Crippen LogP contribution < -0.4 is 4.90 Å². The van der Waals surface area contributed by atoms with Gasteiger partial charge in [0.15, 0.2) is 0 Å². The maximum absolute atomic E-state index is 12.9. The summed E-state index contributed by atoms with van der Waals surface area (Å²) in [5.74, 6) is -0.130. The normalized spacial score (nSPS) is 11.5. The summed E-state index contributed by atoms with van der Waals surface area (Å²) in [7, 11) is 0. The van der Waals surface area contributed by atoms with Crippen molar-refractivity contribution in [2.24, 2.45) is 0 Å². The first-order chi connectivity index (χ1) is 10.8. The third-order valence-electron chi connectivity index (χ3n) is 3.57. The number of para-hydroxylation sites is 1.